The normalized spacial score (nSPS) is 10.7. The van der Waals surface area contributed by atoms with Gasteiger partial charge in [0, 0.05) is 24.6 Å². The summed E-state index contributed by atoms with van der Waals surface area (Å²) in [6.45, 7) is 2.72. The SMILES string of the molecule is CCCOc1cccc(NC(=O)CCCc2nc(-c3cccs3)no2)c1. The molecule has 0 saturated carbocycles. The van der Waals surface area contributed by atoms with Crippen molar-refractivity contribution in [1.82, 2.24) is 10.1 Å². The van der Waals surface area contributed by atoms with E-state index >= 15 is 0 Å². The summed E-state index contributed by atoms with van der Waals surface area (Å²) in [6, 6.07) is 11.3. The van der Waals surface area contributed by atoms with Gasteiger partial charge in [-0.2, -0.15) is 4.98 Å². The maximum Gasteiger partial charge on any atom is 0.226 e. The number of thiophene rings is 1. The smallest absolute Gasteiger partial charge is 0.226 e. The summed E-state index contributed by atoms with van der Waals surface area (Å²) >= 11 is 1.57. The summed E-state index contributed by atoms with van der Waals surface area (Å²) in [5.74, 6) is 1.87. The zero-order valence-corrected chi connectivity index (χ0v) is 15.4. The first-order valence-corrected chi connectivity index (χ1v) is 9.51. The van der Waals surface area contributed by atoms with E-state index in [0.29, 0.717) is 37.6 Å². The molecule has 0 aliphatic heterocycles. The molecule has 26 heavy (non-hydrogen) atoms. The number of anilines is 1. The van der Waals surface area contributed by atoms with Crippen molar-refractivity contribution >= 4 is 22.9 Å². The molecule has 1 aromatic carbocycles. The Balaban J connectivity index is 1.44. The number of hydrogen-bond donors (Lipinski definition) is 1. The molecule has 1 N–H and O–H groups in total. The summed E-state index contributed by atoms with van der Waals surface area (Å²) in [6.07, 6.45) is 2.55. The molecule has 0 fully saturated rings. The second kappa shape index (κ2) is 9.15. The van der Waals surface area contributed by atoms with Gasteiger partial charge in [0.1, 0.15) is 5.75 Å². The lowest BCUT2D eigenvalue weighted by atomic mass is 10.2. The number of nitrogens with one attached hydrogen (secondary N) is 1. The maximum absolute atomic E-state index is 12.1. The molecule has 0 bridgehead atoms. The van der Waals surface area contributed by atoms with E-state index in [9.17, 15) is 4.79 Å². The van der Waals surface area contributed by atoms with Crippen LogP contribution in [0.2, 0.25) is 0 Å². The lowest BCUT2D eigenvalue weighted by Gasteiger charge is -2.08. The van der Waals surface area contributed by atoms with Gasteiger partial charge in [-0.3, -0.25) is 4.79 Å². The van der Waals surface area contributed by atoms with Crippen LogP contribution in [0, 0.1) is 0 Å². The van der Waals surface area contributed by atoms with Crippen LogP contribution in [0.25, 0.3) is 10.7 Å². The van der Waals surface area contributed by atoms with E-state index < -0.39 is 0 Å². The fraction of sp³-hybridized carbons (Fsp3) is 0.316. The molecule has 0 atom stereocenters. The molecule has 0 spiro atoms. The van der Waals surface area contributed by atoms with Gasteiger partial charge in [0.05, 0.1) is 11.5 Å². The summed E-state index contributed by atoms with van der Waals surface area (Å²) in [4.78, 5) is 17.4. The molecule has 0 unspecified atom stereocenters. The molecular formula is C19H21N3O3S. The summed E-state index contributed by atoms with van der Waals surface area (Å²) < 4.78 is 10.8. The Morgan fingerprint density at radius 3 is 3.04 bits per heavy atom. The van der Waals surface area contributed by atoms with Crippen LogP contribution in [-0.2, 0) is 11.2 Å². The van der Waals surface area contributed by atoms with Gasteiger partial charge in [0.15, 0.2) is 0 Å². The molecule has 3 rings (SSSR count). The van der Waals surface area contributed by atoms with Gasteiger partial charge < -0.3 is 14.6 Å². The predicted octanol–water partition coefficient (Wildman–Crippen LogP) is 4.55. The Morgan fingerprint density at radius 1 is 1.31 bits per heavy atom. The van der Waals surface area contributed by atoms with Crippen LogP contribution in [0.3, 0.4) is 0 Å². The number of hydrogen-bond acceptors (Lipinski definition) is 6. The number of aromatic nitrogens is 2. The summed E-state index contributed by atoms with van der Waals surface area (Å²) in [5, 5.41) is 8.83. The minimum Gasteiger partial charge on any atom is -0.494 e. The van der Waals surface area contributed by atoms with E-state index in [-0.39, 0.29) is 5.91 Å². The summed E-state index contributed by atoms with van der Waals surface area (Å²) in [5.41, 5.74) is 0.737. The lowest BCUT2D eigenvalue weighted by molar-refractivity contribution is -0.116. The molecule has 2 heterocycles. The highest BCUT2D eigenvalue weighted by Crippen LogP contribution is 2.22. The van der Waals surface area contributed by atoms with Crippen LogP contribution >= 0.6 is 11.3 Å². The number of amides is 1. The van der Waals surface area contributed by atoms with Crippen molar-refractivity contribution < 1.29 is 14.1 Å². The van der Waals surface area contributed by atoms with Gasteiger partial charge in [0.2, 0.25) is 17.6 Å². The number of carbonyl (C=O) groups is 1. The standard InChI is InChI=1S/C19H21N3O3S/c1-2-11-24-15-7-3-6-14(13-15)20-17(23)9-4-10-18-21-19(22-25-18)16-8-5-12-26-16/h3,5-8,12-13H,2,4,9-11H2,1H3,(H,20,23). The largest absolute Gasteiger partial charge is 0.494 e. The van der Waals surface area contributed by atoms with E-state index in [1.807, 2.05) is 41.8 Å². The third-order valence-electron chi connectivity index (χ3n) is 3.59. The van der Waals surface area contributed by atoms with Crippen molar-refractivity contribution in [3.05, 3.63) is 47.7 Å². The van der Waals surface area contributed by atoms with Crippen LogP contribution in [0.15, 0.2) is 46.3 Å². The second-order valence-corrected chi connectivity index (χ2v) is 6.71. The predicted molar refractivity (Wildman–Crippen MR) is 101 cm³/mol. The first-order chi connectivity index (χ1) is 12.7. The first kappa shape index (κ1) is 18.1. The van der Waals surface area contributed by atoms with Crippen molar-refractivity contribution in [2.24, 2.45) is 0 Å². The average Bonchev–Trinajstić information content (AvgIpc) is 3.32. The van der Waals surface area contributed by atoms with Crippen molar-refractivity contribution in [3.63, 3.8) is 0 Å². The number of benzene rings is 1. The average molecular weight is 371 g/mol. The Morgan fingerprint density at radius 2 is 2.23 bits per heavy atom. The van der Waals surface area contributed by atoms with Crippen LogP contribution in [-0.4, -0.2) is 22.7 Å². The maximum atomic E-state index is 12.1. The molecule has 2 aromatic heterocycles. The molecular weight excluding hydrogens is 350 g/mol. The highest BCUT2D eigenvalue weighted by Gasteiger charge is 2.10. The van der Waals surface area contributed by atoms with Crippen molar-refractivity contribution in [2.75, 3.05) is 11.9 Å². The van der Waals surface area contributed by atoms with Crippen molar-refractivity contribution in [3.8, 4) is 16.5 Å². The molecule has 0 aliphatic rings. The molecule has 6 nitrogen and oxygen atoms in total. The molecule has 3 aromatic rings. The Hall–Kier alpha value is -2.67. The van der Waals surface area contributed by atoms with E-state index in [2.05, 4.69) is 22.4 Å². The summed E-state index contributed by atoms with van der Waals surface area (Å²) in [7, 11) is 0. The zero-order chi connectivity index (χ0) is 18.2. The number of aryl methyl sites for hydroxylation is 1. The molecule has 136 valence electrons. The van der Waals surface area contributed by atoms with Gasteiger partial charge >= 0.3 is 0 Å². The van der Waals surface area contributed by atoms with Crippen molar-refractivity contribution in [2.45, 2.75) is 32.6 Å². The monoisotopic (exact) mass is 371 g/mol. The quantitative estimate of drug-likeness (QED) is 0.597. The highest BCUT2D eigenvalue weighted by atomic mass is 32.1. The zero-order valence-electron chi connectivity index (χ0n) is 14.6. The van der Waals surface area contributed by atoms with Gasteiger partial charge in [-0.15, -0.1) is 11.3 Å². The van der Waals surface area contributed by atoms with Gasteiger partial charge in [-0.1, -0.05) is 24.2 Å². The van der Waals surface area contributed by atoms with Gasteiger partial charge in [-0.25, -0.2) is 0 Å². The fourth-order valence-electron chi connectivity index (χ4n) is 2.37. The van der Waals surface area contributed by atoms with E-state index in [1.165, 1.54) is 0 Å². The van der Waals surface area contributed by atoms with Crippen LogP contribution in [0.4, 0.5) is 5.69 Å². The lowest BCUT2D eigenvalue weighted by Crippen LogP contribution is -2.11. The number of nitrogens with zero attached hydrogens (tertiary/aromatic N) is 2. The fourth-order valence-corrected chi connectivity index (χ4v) is 3.02. The van der Waals surface area contributed by atoms with Gasteiger partial charge in [0.25, 0.3) is 0 Å². The number of rotatable bonds is 9. The molecule has 1 amide bonds. The Bertz CT molecular complexity index is 830. The Labute approximate surface area is 156 Å². The molecule has 7 heteroatoms. The minimum atomic E-state index is -0.0457. The second-order valence-electron chi connectivity index (χ2n) is 5.77. The number of carbonyl (C=O) groups excluding carboxylic acids is 1. The van der Waals surface area contributed by atoms with E-state index in [1.54, 1.807) is 11.3 Å². The van der Waals surface area contributed by atoms with Crippen molar-refractivity contribution in [1.29, 1.82) is 0 Å². The number of ether oxygens (including phenoxy) is 1. The Kier molecular flexibility index (Phi) is 6.38. The van der Waals surface area contributed by atoms with E-state index in [0.717, 1.165) is 22.7 Å². The molecule has 0 radical (unpaired) electrons. The third-order valence-corrected chi connectivity index (χ3v) is 4.46. The van der Waals surface area contributed by atoms with E-state index in [4.69, 9.17) is 9.26 Å². The topological polar surface area (TPSA) is 77.2 Å². The van der Waals surface area contributed by atoms with Crippen LogP contribution < -0.4 is 10.1 Å². The minimum absolute atomic E-state index is 0.0457. The van der Waals surface area contributed by atoms with Crippen LogP contribution in [0.1, 0.15) is 32.1 Å². The third kappa shape index (κ3) is 5.16. The first-order valence-electron chi connectivity index (χ1n) is 8.64. The highest BCUT2D eigenvalue weighted by molar-refractivity contribution is 7.13. The molecule has 0 saturated heterocycles. The molecule has 0 aliphatic carbocycles. The van der Waals surface area contributed by atoms with Gasteiger partial charge in [-0.05, 0) is 36.4 Å². The van der Waals surface area contributed by atoms with Crippen LogP contribution in [0.5, 0.6) is 5.75 Å².